The highest BCUT2D eigenvalue weighted by molar-refractivity contribution is 5.75. The lowest BCUT2D eigenvalue weighted by Crippen LogP contribution is -2.00. The van der Waals surface area contributed by atoms with Gasteiger partial charge in [0, 0.05) is 0 Å². The Morgan fingerprint density at radius 1 is 1.43 bits per heavy atom. The van der Waals surface area contributed by atoms with Crippen LogP contribution in [0.2, 0.25) is 0 Å². The average molecular weight is 198 g/mol. The molecule has 0 radical (unpaired) electrons. The Labute approximate surface area is 82.9 Å². The van der Waals surface area contributed by atoms with E-state index in [2.05, 4.69) is 17.9 Å². The highest BCUT2D eigenvalue weighted by atomic mass is 16.5. The maximum atomic E-state index is 10.5. The molecule has 0 aromatic rings. The van der Waals surface area contributed by atoms with E-state index in [1.165, 1.54) is 12.3 Å². The molecule has 1 N–H and O–H groups in total. The summed E-state index contributed by atoms with van der Waals surface area (Å²) < 4.78 is 4.49. The van der Waals surface area contributed by atoms with Crippen molar-refractivity contribution in [2.45, 2.75) is 19.3 Å². The minimum Gasteiger partial charge on any atom is -0.481 e. The molecule has 0 atom stereocenters. The number of hydrogen-bond donors (Lipinski definition) is 1. The van der Waals surface area contributed by atoms with Gasteiger partial charge in [0.15, 0.2) is 0 Å². The van der Waals surface area contributed by atoms with Crippen molar-refractivity contribution >= 4 is 11.9 Å². The molecule has 4 heteroatoms. The molecule has 14 heavy (non-hydrogen) atoms. The van der Waals surface area contributed by atoms with Gasteiger partial charge in [-0.2, -0.15) is 0 Å². The normalized spacial score (nSPS) is 13.1. The molecule has 1 rings (SSSR count). The first kappa shape index (κ1) is 12.4. The summed E-state index contributed by atoms with van der Waals surface area (Å²) in [4.78, 5) is 20.0. The van der Waals surface area contributed by atoms with E-state index in [-0.39, 0.29) is 18.3 Å². The lowest BCUT2D eigenvalue weighted by Gasteiger charge is -1.90. The molecule has 0 heterocycles. The number of carbonyl (C=O) groups excluding carboxylic acids is 1. The van der Waals surface area contributed by atoms with Crippen molar-refractivity contribution in [2.75, 3.05) is 0 Å². The Bertz CT molecular complexity index is 228. The number of carbonyl (C=O) groups is 2. The zero-order chi connectivity index (χ0) is 11.0. The van der Waals surface area contributed by atoms with Crippen LogP contribution in [0, 0.1) is 5.92 Å². The van der Waals surface area contributed by atoms with Gasteiger partial charge in [0.2, 0.25) is 0 Å². The summed E-state index contributed by atoms with van der Waals surface area (Å²) in [6.45, 7) is 6.49. The number of ether oxygens (including phenoxy) is 1. The van der Waals surface area contributed by atoms with E-state index < -0.39 is 5.97 Å². The Morgan fingerprint density at radius 3 is 2.21 bits per heavy atom. The summed E-state index contributed by atoms with van der Waals surface area (Å²) in [6.07, 6.45) is 4.57. The zero-order valence-electron chi connectivity index (χ0n) is 7.94. The summed E-state index contributed by atoms with van der Waals surface area (Å²) in [7, 11) is 0. The first-order valence-electron chi connectivity index (χ1n) is 4.26. The molecule has 1 saturated carbocycles. The maximum absolute atomic E-state index is 10.5. The van der Waals surface area contributed by atoms with Gasteiger partial charge >= 0.3 is 11.9 Å². The monoisotopic (exact) mass is 198 g/mol. The van der Waals surface area contributed by atoms with Crippen molar-refractivity contribution in [2.24, 2.45) is 5.92 Å². The molecule has 0 saturated heterocycles. The van der Waals surface area contributed by atoms with Crippen LogP contribution in [0.3, 0.4) is 0 Å². The molecule has 78 valence electrons. The topological polar surface area (TPSA) is 63.6 Å². The number of esters is 1. The van der Waals surface area contributed by atoms with Gasteiger partial charge in [-0.15, -0.1) is 6.58 Å². The molecule has 0 aliphatic heterocycles. The van der Waals surface area contributed by atoms with Crippen LogP contribution < -0.4 is 0 Å². The summed E-state index contributed by atoms with van der Waals surface area (Å²) in [5, 5.41) is 7.84. The quantitative estimate of drug-likeness (QED) is 0.424. The van der Waals surface area contributed by atoms with Gasteiger partial charge in [-0.25, -0.2) is 0 Å². The van der Waals surface area contributed by atoms with Crippen LogP contribution >= 0.6 is 0 Å². The Hall–Kier alpha value is -1.58. The van der Waals surface area contributed by atoms with E-state index >= 15 is 0 Å². The van der Waals surface area contributed by atoms with Crippen molar-refractivity contribution < 1.29 is 19.4 Å². The number of carboxylic acids is 1. The Balaban J connectivity index is 0.000000255. The fraction of sp³-hybridized carbons (Fsp3) is 0.400. The van der Waals surface area contributed by atoms with Crippen molar-refractivity contribution in [1.29, 1.82) is 0 Å². The summed E-state index contributed by atoms with van der Waals surface area (Å²) in [5.74, 6) is -0.766. The lowest BCUT2D eigenvalue weighted by atomic mass is 10.4. The highest BCUT2D eigenvalue weighted by Crippen LogP contribution is 2.29. The smallest absolute Gasteiger partial charge is 0.313 e. The molecule has 0 aromatic heterocycles. The molecule has 4 nitrogen and oxygen atoms in total. The van der Waals surface area contributed by atoms with Crippen molar-refractivity contribution in [3.8, 4) is 0 Å². The second-order valence-electron chi connectivity index (χ2n) is 2.76. The third-order valence-corrected chi connectivity index (χ3v) is 1.43. The molecule has 0 bridgehead atoms. The molecule has 0 amide bonds. The standard InChI is InChI=1S/C6H8O2.C4H6O2/c1-2-8-6(7)5-3-4-5;1-2-3-4(5)6/h2,5H,1,3-4H2;2H,1,3H2,(H,5,6). The number of carboxylic acid groups (broad SMARTS) is 1. The number of rotatable bonds is 4. The predicted octanol–water partition coefficient (Wildman–Crippen LogP) is 1.73. The summed E-state index contributed by atoms with van der Waals surface area (Å²) in [6, 6.07) is 0. The minimum atomic E-state index is -0.829. The second kappa shape index (κ2) is 6.88. The highest BCUT2D eigenvalue weighted by Gasteiger charge is 2.30. The first-order valence-corrected chi connectivity index (χ1v) is 4.26. The predicted molar refractivity (Wildman–Crippen MR) is 51.5 cm³/mol. The van der Waals surface area contributed by atoms with Crippen LogP contribution in [0.5, 0.6) is 0 Å². The molecule has 0 aromatic carbocycles. The van der Waals surface area contributed by atoms with Crippen LogP contribution in [-0.2, 0) is 14.3 Å². The third-order valence-electron chi connectivity index (χ3n) is 1.43. The third kappa shape index (κ3) is 7.09. The van der Waals surface area contributed by atoms with E-state index in [9.17, 15) is 9.59 Å². The SMILES string of the molecule is C=CCC(=O)O.C=COC(=O)C1CC1. The van der Waals surface area contributed by atoms with Gasteiger partial charge < -0.3 is 9.84 Å². The van der Waals surface area contributed by atoms with Gasteiger partial charge in [0.1, 0.15) is 0 Å². The Kier molecular flexibility index (Phi) is 6.11. The van der Waals surface area contributed by atoms with Gasteiger partial charge in [-0.3, -0.25) is 9.59 Å². The maximum Gasteiger partial charge on any atom is 0.313 e. The molecule has 1 aliphatic rings. The number of aliphatic carboxylic acids is 1. The fourth-order valence-corrected chi connectivity index (χ4v) is 0.621. The molecule has 1 fully saturated rings. The lowest BCUT2D eigenvalue weighted by molar-refractivity contribution is -0.139. The molecule has 0 spiro atoms. The van der Waals surface area contributed by atoms with E-state index in [0.717, 1.165) is 12.8 Å². The second-order valence-corrected chi connectivity index (χ2v) is 2.76. The van der Waals surface area contributed by atoms with E-state index in [1.54, 1.807) is 0 Å². The van der Waals surface area contributed by atoms with Crippen LogP contribution in [-0.4, -0.2) is 17.0 Å². The first-order chi connectivity index (χ1) is 6.61. The average Bonchev–Trinajstić information content (AvgIpc) is 2.87. The van der Waals surface area contributed by atoms with Crippen LogP contribution in [0.4, 0.5) is 0 Å². The fourth-order valence-electron chi connectivity index (χ4n) is 0.621. The van der Waals surface area contributed by atoms with Gasteiger partial charge in [0.05, 0.1) is 18.6 Å². The molecule has 0 unspecified atom stereocenters. The van der Waals surface area contributed by atoms with Gasteiger partial charge in [0.25, 0.3) is 0 Å². The molecule has 1 aliphatic carbocycles. The van der Waals surface area contributed by atoms with E-state index in [4.69, 9.17) is 5.11 Å². The van der Waals surface area contributed by atoms with Gasteiger partial charge in [-0.05, 0) is 12.8 Å². The van der Waals surface area contributed by atoms with Crippen molar-refractivity contribution in [3.63, 3.8) is 0 Å². The molecular formula is C10H14O4. The summed E-state index contributed by atoms with van der Waals surface area (Å²) in [5.41, 5.74) is 0. The van der Waals surface area contributed by atoms with Crippen LogP contribution in [0.25, 0.3) is 0 Å². The van der Waals surface area contributed by atoms with Crippen LogP contribution in [0.1, 0.15) is 19.3 Å². The van der Waals surface area contributed by atoms with Crippen molar-refractivity contribution in [1.82, 2.24) is 0 Å². The largest absolute Gasteiger partial charge is 0.481 e. The van der Waals surface area contributed by atoms with Gasteiger partial charge in [-0.1, -0.05) is 12.7 Å². The molecular weight excluding hydrogens is 184 g/mol. The van der Waals surface area contributed by atoms with E-state index in [1.807, 2.05) is 0 Å². The zero-order valence-corrected chi connectivity index (χ0v) is 7.94. The Morgan fingerprint density at radius 2 is 2.00 bits per heavy atom. The summed E-state index contributed by atoms with van der Waals surface area (Å²) >= 11 is 0. The van der Waals surface area contributed by atoms with Crippen LogP contribution in [0.15, 0.2) is 25.5 Å². The number of hydrogen-bond acceptors (Lipinski definition) is 3. The minimum absolute atomic E-state index is 0.0556. The van der Waals surface area contributed by atoms with Crippen molar-refractivity contribution in [3.05, 3.63) is 25.5 Å². The van der Waals surface area contributed by atoms with E-state index in [0.29, 0.717) is 0 Å².